The van der Waals surface area contributed by atoms with Gasteiger partial charge in [0.2, 0.25) is 10.0 Å². The Labute approximate surface area is 172 Å². The highest BCUT2D eigenvalue weighted by Crippen LogP contribution is 2.21. The van der Waals surface area contributed by atoms with Gasteiger partial charge in [-0.2, -0.15) is 0 Å². The smallest absolute Gasteiger partial charge is 0.265 e. The molecule has 2 aromatic rings. The Morgan fingerprint density at radius 1 is 1.00 bits per heavy atom. The molecule has 2 N–H and O–H groups in total. The topological polar surface area (TPSA) is 84.5 Å². The minimum absolute atomic E-state index is 0.00732. The third-order valence-electron chi connectivity index (χ3n) is 5.06. The second kappa shape index (κ2) is 9.41. The van der Waals surface area contributed by atoms with E-state index in [-0.39, 0.29) is 16.8 Å². The summed E-state index contributed by atoms with van der Waals surface area (Å²) >= 11 is 0. The van der Waals surface area contributed by atoms with Crippen molar-refractivity contribution in [3.8, 4) is 5.75 Å². The maximum atomic E-state index is 12.6. The Balaban J connectivity index is 1.57. The molecule has 0 saturated heterocycles. The van der Waals surface area contributed by atoms with Gasteiger partial charge in [0.15, 0.2) is 6.10 Å². The first-order valence-corrected chi connectivity index (χ1v) is 11.5. The molecule has 1 saturated carbocycles. The van der Waals surface area contributed by atoms with Crippen LogP contribution in [0.1, 0.15) is 44.6 Å². The number of amides is 1. The molecule has 0 radical (unpaired) electrons. The van der Waals surface area contributed by atoms with E-state index in [2.05, 4.69) is 10.0 Å². The number of benzene rings is 2. The molecule has 0 aliphatic heterocycles. The zero-order valence-electron chi connectivity index (χ0n) is 16.9. The number of hydrogen-bond donors (Lipinski definition) is 2. The Kier molecular flexibility index (Phi) is 6.92. The van der Waals surface area contributed by atoms with Crippen molar-refractivity contribution >= 4 is 21.6 Å². The predicted molar refractivity (Wildman–Crippen MR) is 114 cm³/mol. The minimum atomic E-state index is -3.55. The van der Waals surface area contributed by atoms with Crippen molar-refractivity contribution in [2.45, 2.75) is 63.0 Å². The summed E-state index contributed by atoms with van der Waals surface area (Å²) in [4.78, 5) is 12.6. The van der Waals surface area contributed by atoms with Crippen LogP contribution in [0.2, 0.25) is 0 Å². The van der Waals surface area contributed by atoms with Crippen LogP contribution in [0.5, 0.6) is 5.75 Å². The molecule has 6 nitrogen and oxygen atoms in total. The van der Waals surface area contributed by atoms with Gasteiger partial charge in [0.1, 0.15) is 5.75 Å². The third kappa shape index (κ3) is 6.05. The highest BCUT2D eigenvalue weighted by atomic mass is 32.2. The lowest BCUT2D eigenvalue weighted by atomic mass is 9.96. The molecule has 1 amide bonds. The van der Waals surface area contributed by atoms with E-state index in [0.29, 0.717) is 11.4 Å². The van der Waals surface area contributed by atoms with E-state index >= 15 is 0 Å². The summed E-state index contributed by atoms with van der Waals surface area (Å²) in [7, 11) is -3.55. The third-order valence-corrected chi connectivity index (χ3v) is 6.60. The van der Waals surface area contributed by atoms with Crippen LogP contribution in [0.25, 0.3) is 0 Å². The molecule has 1 aliphatic rings. The summed E-state index contributed by atoms with van der Waals surface area (Å²) in [6, 6.07) is 13.7. The van der Waals surface area contributed by atoms with Crippen molar-refractivity contribution < 1.29 is 17.9 Å². The van der Waals surface area contributed by atoms with Gasteiger partial charge in [-0.25, -0.2) is 13.1 Å². The Hall–Kier alpha value is -2.38. The molecule has 2 aromatic carbocycles. The first-order valence-electron chi connectivity index (χ1n) is 10.00. The second-order valence-electron chi connectivity index (χ2n) is 7.54. The number of carbonyl (C=O) groups is 1. The van der Waals surface area contributed by atoms with E-state index < -0.39 is 16.1 Å². The second-order valence-corrected chi connectivity index (χ2v) is 9.26. The average molecular weight is 417 g/mol. The number of hydrogen-bond acceptors (Lipinski definition) is 4. The lowest BCUT2D eigenvalue weighted by Crippen LogP contribution is -2.36. The lowest BCUT2D eigenvalue weighted by Gasteiger charge is -2.22. The Morgan fingerprint density at radius 3 is 2.24 bits per heavy atom. The van der Waals surface area contributed by atoms with Gasteiger partial charge in [0, 0.05) is 11.7 Å². The SMILES string of the molecule is Cc1ccc(O[C@@H](C)C(=O)Nc2ccc(S(=O)(=O)NC3CCCCC3)cc2)cc1. The molecule has 1 atom stereocenters. The van der Waals surface area contributed by atoms with Gasteiger partial charge in [-0.15, -0.1) is 0 Å². The summed E-state index contributed by atoms with van der Waals surface area (Å²) in [5, 5.41) is 2.75. The van der Waals surface area contributed by atoms with Gasteiger partial charge in [-0.3, -0.25) is 4.79 Å². The summed E-state index contributed by atoms with van der Waals surface area (Å²) in [6.45, 7) is 3.65. The van der Waals surface area contributed by atoms with E-state index in [9.17, 15) is 13.2 Å². The summed E-state index contributed by atoms with van der Waals surface area (Å²) in [6.07, 6.45) is 4.35. The van der Waals surface area contributed by atoms with Gasteiger partial charge < -0.3 is 10.1 Å². The maximum absolute atomic E-state index is 12.6. The minimum Gasteiger partial charge on any atom is -0.481 e. The molecule has 0 spiro atoms. The largest absolute Gasteiger partial charge is 0.481 e. The van der Waals surface area contributed by atoms with Crippen LogP contribution in [0.3, 0.4) is 0 Å². The fraction of sp³-hybridized carbons (Fsp3) is 0.409. The standard InChI is InChI=1S/C22H28N2O4S/c1-16-8-12-20(13-9-16)28-17(2)22(25)23-18-10-14-21(15-11-18)29(26,27)24-19-6-4-3-5-7-19/h8-15,17,19,24H,3-7H2,1-2H3,(H,23,25)/t17-/m0/s1. The lowest BCUT2D eigenvalue weighted by molar-refractivity contribution is -0.122. The van der Waals surface area contributed by atoms with Crippen LogP contribution in [0.15, 0.2) is 53.4 Å². The van der Waals surface area contributed by atoms with Crippen molar-refractivity contribution in [2.24, 2.45) is 0 Å². The molecule has 0 unspecified atom stereocenters. The van der Waals surface area contributed by atoms with Crippen LogP contribution < -0.4 is 14.8 Å². The molecular weight excluding hydrogens is 388 g/mol. The van der Waals surface area contributed by atoms with Gasteiger partial charge in [0.05, 0.1) is 4.90 Å². The van der Waals surface area contributed by atoms with Crippen LogP contribution in [-0.4, -0.2) is 26.5 Å². The van der Waals surface area contributed by atoms with Gasteiger partial charge in [-0.1, -0.05) is 37.0 Å². The molecule has 156 valence electrons. The molecule has 0 bridgehead atoms. The van der Waals surface area contributed by atoms with Crippen LogP contribution >= 0.6 is 0 Å². The van der Waals surface area contributed by atoms with Crippen LogP contribution in [0, 0.1) is 6.92 Å². The van der Waals surface area contributed by atoms with E-state index in [4.69, 9.17) is 4.74 Å². The number of carbonyl (C=O) groups excluding carboxylic acids is 1. The normalized spacial score (nSPS) is 16.2. The van der Waals surface area contributed by atoms with Crippen molar-refractivity contribution in [3.63, 3.8) is 0 Å². The molecule has 1 aliphatic carbocycles. The zero-order chi connectivity index (χ0) is 20.9. The molecule has 29 heavy (non-hydrogen) atoms. The van der Waals surface area contributed by atoms with Gasteiger partial charge >= 0.3 is 0 Å². The highest BCUT2D eigenvalue weighted by Gasteiger charge is 2.22. The van der Waals surface area contributed by atoms with Crippen LogP contribution in [0.4, 0.5) is 5.69 Å². The number of nitrogens with one attached hydrogen (secondary N) is 2. The van der Waals surface area contributed by atoms with E-state index in [1.165, 1.54) is 18.6 Å². The first-order chi connectivity index (χ1) is 13.8. The molecule has 7 heteroatoms. The summed E-state index contributed by atoms with van der Waals surface area (Å²) in [5.74, 6) is 0.315. The maximum Gasteiger partial charge on any atom is 0.265 e. The van der Waals surface area contributed by atoms with E-state index in [1.807, 2.05) is 31.2 Å². The van der Waals surface area contributed by atoms with Gasteiger partial charge in [0.25, 0.3) is 5.91 Å². The molecule has 0 aromatic heterocycles. The number of anilines is 1. The Morgan fingerprint density at radius 2 is 1.62 bits per heavy atom. The van der Waals surface area contributed by atoms with E-state index in [1.54, 1.807) is 19.1 Å². The van der Waals surface area contributed by atoms with Crippen molar-refractivity contribution in [3.05, 3.63) is 54.1 Å². The average Bonchev–Trinajstić information content (AvgIpc) is 2.70. The Bertz CT molecular complexity index is 918. The summed E-state index contributed by atoms with van der Waals surface area (Å²) in [5.41, 5.74) is 1.63. The number of rotatable bonds is 7. The number of sulfonamides is 1. The predicted octanol–water partition coefficient (Wildman–Crippen LogP) is 4.01. The van der Waals surface area contributed by atoms with Gasteiger partial charge in [-0.05, 0) is 63.1 Å². The van der Waals surface area contributed by atoms with Crippen molar-refractivity contribution in [1.29, 1.82) is 0 Å². The molecule has 3 rings (SSSR count). The number of aryl methyl sites for hydroxylation is 1. The van der Waals surface area contributed by atoms with Crippen molar-refractivity contribution in [1.82, 2.24) is 4.72 Å². The van der Waals surface area contributed by atoms with Crippen LogP contribution in [-0.2, 0) is 14.8 Å². The highest BCUT2D eigenvalue weighted by molar-refractivity contribution is 7.89. The zero-order valence-corrected chi connectivity index (χ0v) is 17.7. The molecule has 1 fully saturated rings. The fourth-order valence-corrected chi connectivity index (χ4v) is 4.65. The number of ether oxygens (including phenoxy) is 1. The fourth-order valence-electron chi connectivity index (χ4n) is 3.34. The van der Waals surface area contributed by atoms with E-state index in [0.717, 1.165) is 31.2 Å². The quantitative estimate of drug-likeness (QED) is 0.714. The monoisotopic (exact) mass is 416 g/mol. The first kappa shape index (κ1) is 21.3. The van der Waals surface area contributed by atoms with Crippen molar-refractivity contribution in [2.75, 3.05) is 5.32 Å². The summed E-state index contributed by atoms with van der Waals surface area (Å²) < 4.78 is 33.5. The molecular formula is C22H28N2O4S. The molecule has 0 heterocycles.